The molecule has 0 radical (unpaired) electrons. The van der Waals surface area contributed by atoms with Crippen LogP contribution in [0.3, 0.4) is 0 Å². The zero-order chi connectivity index (χ0) is 15.2. The molecule has 0 saturated heterocycles. The van der Waals surface area contributed by atoms with Gasteiger partial charge in [0.2, 0.25) is 0 Å². The molecule has 0 heterocycles. The van der Waals surface area contributed by atoms with E-state index in [1.165, 1.54) is 6.07 Å². The summed E-state index contributed by atoms with van der Waals surface area (Å²) in [5.41, 5.74) is 6.93. The van der Waals surface area contributed by atoms with E-state index < -0.39 is 5.82 Å². The van der Waals surface area contributed by atoms with Gasteiger partial charge in [-0.05, 0) is 31.6 Å². The Hall–Kier alpha value is -1.49. The Morgan fingerprint density at radius 3 is 2.95 bits per heavy atom. The zero-order valence-corrected chi connectivity index (χ0v) is 12.6. The highest BCUT2D eigenvalue weighted by Crippen LogP contribution is 2.30. The maximum absolute atomic E-state index is 13.7. The van der Waals surface area contributed by atoms with E-state index in [1.807, 2.05) is 6.92 Å². The first-order chi connectivity index (χ1) is 10.1. The molecule has 0 amide bonds. The number of rotatable bonds is 6. The third-order valence-corrected chi connectivity index (χ3v) is 3.90. The second kappa shape index (κ2) is 7.50. The third kappa shape index (κ3) is 4.49. The highest BCUT2D eigenvalue weighted by atomic mass is 19.1. The highest BCUT2D eigenvalue weighted by Gasteiger charge is 2.20. The lowest BCUT2D eigenvalue weighted by Gasteiger charge is -2.26. The van der Waals surface area contributed by atoms with Crippen LogP contribution < -0.4 is 15.8 Å². The lowest BCUT2D eigenvalue weighted by molar-refractivity contribution is 0.105. The van der Waals surface area contributed by atoms with Gasteiger partial charge in [0.1, 0.15) is 0 Å². The fourth-order valence-corrected chi connectivity index (χ4v) is 2.75. The number of nitrogen functional groups attached to an aromatic ring is 1. The fourth-order valence-electron chi connectivity index (χ4n) is 2.75. The second-order valence-electron chi connectivity index (χ2n) is 5.79. The van der Waals surface area contributed by atoms with Gasteiger partial charge in [-0.2, -0.15) is 0 Å². The van der Waals surface area contributed by atoms with E-state index in [4.69, 9.17) is 10.5 Å². The molecule has 2 unspecified atom stereocenters. The summed E-state index contributed by atoms with van der Waals surface area (Å²) in [7, 11) is 0. The molecule has 0 aromatic heterocycles. The molecule has 5 heteroatoms. The van der Waals surface area contributed by atoms with Gasteiger partial charge in [0.25, 0.3) is 0 Å². The van der Waals surface area contributed by atoms with E-state index >= 15 is 0 Å². The minimum absolute atomic E-state index is 0.195. The number of aliphatic hydroxyl groups is 1. The van der Waals surface area contributed by atoms with Crippen LogP contribution in [0.2, 0.25) is 0 Å². The van der Waals surface area contributed by atoms with Gasteiger partial charge >= 0.3 is 0 Å². The second-order valence-corrected chi connectivity index (χ2v) is 5.79. The van der Waals surface area contributed by atoms with Crippen molar-refractivity contribution >= 4 is 11.4 Å². The molecule has 1 aliphatic carbocycles. The summed E-state index contributed by atoms with van der Waals surface area (Å²) in [6.07, 6.45) is 4.49. The number of benzene rings is 1. The summed E-state index contributed by atoms with van der Waals surface area (Å²) in [6.45, 7) is 3.19. The molecule has 1 aliphatic rings. The summed E-state index contributed by atoms with van der Waals surface area (Å²) < 4.78 is 19.1. The van der Waals surface area contributed by atoms with Gasteiger partial charge in [-0.25, -0.2) is 4.39 Å². The Labute approximate surface area is 125 Å². The summed E-state index contributed by atoms with van der Waals surface area (Å²) >= 11 is 0. The molecular formula is C16H25FN2O2. The number of aliphatic hydroxyl groups excluding tert-OH is 1. The monoisotopic (exact) mass is 296 g/mol. The quantitative estimate of drug-likeness (QED) is 0.705. The van der Waals surface area contributed by atoms with Gasteiger partial charge < -0.3 is 20.9 Å². The molecule has 1 saturated carbocycles. The molecule has 21 heavy (non-hydrogen) atoms. The molecule has 4 nitrogen and oxygen atoms in total. The first-order valence-corrected chi connectivity index (χ1v) is 7.74. The van der Waals surface area contributed by atoms with E-state index in [-0.39, 0.29) is 11.9 Å². The standard InChI is InChI=1S/C16H25FN2O2/c1-2-6-21-16-9-15(14(18)8-13(16)17)19-10-11-4-3-5-12(20)7-11/h8-9,11-12,19-20H,2-7,10,18H2,1H3. The number of nitrogens with two attached hydrogens (primary N) is 1. The van der Waals surface area contributed by atoms with Crippen LogP contribution in [0.25, 0.3) is 0 Å². The average molecular weight is 296 g/mol. The van der Waals surface area contributed by atoms with E-state index in [1.54, 1.807) is 6.07 Å². The van der Waals surface area contributed by atoms with E-state index in [9.17, 15) is 9.50 Å². The number of ether oxygens (including phenoxy) is 1. The normalized spacial score (nSPS) is 22.0. The van der Waals surface area contributed by atoms with Gasteiger partial charge in [-0.1, -0.05) is 13.3 Å². The van der Waals surface area contributed by atoms with Gasteiger partial charge in [-0.3, -0.25) is 0 Å². The number of hydrogen-bond donors (Lipinski definition) is 3. The van der Waals surface area contributed by atoms with Crippen molar-refractivity contribution < 1.29 is 14.2 Å². The molecule has 1 aromatic rings. The largest absolute Gasteiger partial charge is 0.490 e. The Morgan fingerprint density at radius 2 is 2.24 bits per heavy atom. The van der Waals surface area contributed by atoms with Crippen molar-refractivity contribution in [2.45, 2.75) is 45.1 Å². The SMILES string of the molecule is CCCOc1cc(NCC2CCCC(O)C2)c(N)cc1F. The average Bonchev–Trinajstić information content (AvgIpc) is 2.45. The van der Waals surface area contributed by atoms with Crippen LogP contribution in [-0.2, 0) is 0 Å². The van der Waals surface area contributed by atoms with Gasteiger partial charge in [0, 0.05) is 18.7 Å². The van der Waals surface area contributed by atoms with Crippen LogP contribution in [0.5, 0.6) is 5.75 Å². The Kier molecular flexibility index (Phi) is 5.67. The first kappa shape index (κ1) is 15.9. The minimum atomic E-state index is -0.431. The van der Waals surface area contributed by atoms with Crippen LogP contribution in [0, 0.1) is 11.7 Å². The molecule has 0 spiro atoms. The maximum atomic E-state index is 13.7. The van der Waals surface area contributed by atoms with Gasteiger partial charge in [0.05, 0.1) is 24.1 Å². The van der Waals surface area contributed by atoms with Crippen molar-refractivity contribution in [3.63, 3.8) is 0 Å². The first-order valence-electron chi connectivity index (χ1n) is 7.74. The highest BCUT2D eigenvalue weighted by molar-refractivity contribution is 5.68. The summed E-state index contributed by atoms with van der Waals surface area (Å²) in [6, 6.07) is 2.92. The predicted octanol–water partition coefficient (Wildman–Crippen LogP) is 3.16. The molecule has 0 aliphatic heterocycles. The van der Waals surface area contributed by atoms with Crippen LogP contribution in [0.1, 0.15) is 39.0 Å². The van der Waals surface area contributed by atoms with E-state index in [2.05, 4.69) is 5.32 Å². The number of halogens is 1. The van der Waals surface area contributed by atoms with Crippen molar-refractivity contribution in [2.24, 2.45) is 5.92 Å². The summed E-state index contributed by atoms with van der Waals surface area (Å²) in [5.74, 6) is 0.232. The van der Waals surface area contributed by atoms with Crippen LogP contribution in [0.15, 0.2) is 12.1 Å². The van der Waals surface area contributed by atoms with Crippen molar-refractivity contribution in [1.82, 2.24) is 0 Å². The predicted molar refractivity (Wildman–Crippen MR) is 83.1 cm³/mol. The molecule has 0 bridgehead atoms. The smallest absolute Gasteiger partial charge is 0.167 e. The Morgan fingerprint density at radius 1 is 1.43 bits per heavy atom. The fraction of sp³-hybridized carbons (Fsp3) is 0.625. The summed E-state index contributed by atoms with van der Waals surface area (Å²) in [5, 5.41) is 13.0. The van der Waals surface area contributed by atoms with Crippen molar-refractivity contribution in [1.29, 1.82) is 0 Å². The topological polar surface area (TPSA) is 67.5 Å². The van der Waals surface area contributed by atoms with E-state index in [0.29, 0.717) is 23.9 Å². The molecule has 2 atom stereocenters. The number of anilines is 2. The lowest BCUT2D eigenvalue weighted by atomic mass is 9.87. The van der Waals surface area contributed by atoms with Crippen molar-refractivity contribution in [2.75, 3.05) is 24.2 Å². The molecule has 1 aromatic carbocycles. The minimum Gasteiger partial charge on any atom is -0.490 e. The van der Waals surface area contributed by atoms with E-state index in [0.717, 1.165) is 38.6 Å². The third-order valence-electron chi connectivity index (χ3n) is 3.90. The molecule has 2 rings (SSSR count). The molecule has 4 N–H and O–H groups in total. The van der Waals surface area contributed by atoms with Gasteiger partial charge in [-0.15, -0.1) is 0 Å². The van der Waals surface area contributed by atoms with Crippen LogP contribution in [-0.4, -0.2) is 24.4 Å². The summed E-state index contributed by atoms with van der Waals surface area (Å²) in [4.78, 5) is 0. The van der Waals surface area contributed by atoms with Crippen molar-refractivity contribution in [3.05, 3.63) is 17.9 Å². The molecular weight excluding hydrogens is 271 g/mol. The van der Waals surface area contributed by atoms with Gasteiger partial charge in [0.15, 0.2) is 11.6 Å². The Bertz CT molecular complexity index is 468. The number of nitrogens with one attached hydrogen (secondary N) is 1. The zero-order valence-electron chi connectivity index (χ0n) is 12.6. The lowest BCUT2D eigenvalue weighted by Crippen LogP contribution is -2.25. The molecule has 118 valence electrons. The Balaban J connectivity index is 1.98. The maximum Gasteiger partial charge on any atom is 0.167 e. The number of hydrogen-bond acceptors (Lipinski definition) is 4. The van der Waals surface area contributed by atoms with Crippen LogP contribution >= 0.6 is 0 Å². The molecule has 1 fully saturated rings. The van der Waals surface area contributed by atoms with Crippen molar-refractivity contribution in [3.8, 4) is 5.75 Å². The van der Waals surface area contributed by atoms with Crippen LogP contribution in [0.4, 0.5) is 15.8 Å².